The summed E-state index contributed by atoms with van der Waals surface area (Å²) in [5.41, 5.74) is 7.04. The molecule has 0 fully saturated rings. The summed E-state index contributed by atoms with van der Waals surface area (Å²) in [6, 6.07) is 0.361. The van der Waals surface area contributed by atoms with E-state index in [9.17, 15) is 0 Å². The highest BCUT2D eigenvalue weighted by molar-refractivity contribution is 4.94. The van der Waals surface area contributed by atoms with E-state index in [1.807, 2.05) is 0 Å². The Morgan fingerprint density at radius 2 is 2.11 bits per heavy atom. The fraction of sp³-hybridized carbons (Fsp3) is 0.750. The summed E-state index contributed by atoms with van der Waals surface area (Å²) < 4.78 is 0. The quantitative estimate of drug-likeness (QED) is 0.577. The van der Waals surface area contributed by atoms with Crippen LogP contribution in [0.5, 0.6) is 0 Å². The molecule has 0 saturated carbocycles. The Bertz CT molecular complexity index is 90.7. The van der Waals surface area contributed by atoms with E-state index in [0.29, 0.717) is 6.04 Å². The molecule has 2 N–H and O–H groups in total. The molecular weight excluding hydrogens is 110 g/mol. The van der Waals surface area contributed by atoms with Gasteiger partial charge in [0.15, 0.2) is 0 Å². The van der Waals surface area contributed by atoms with Crippen molar-refractivity contribution in [2.45, 2.75) is 39.7 Å². The van der Waals surface area contributed by atoms with Crippen LogP contribution in [0.15, 0.2) is 11.6 Å². The van der Waals surface area contributed by atoms with Gasteiger partial charge in [0.1, 0.15) is 0 Å². The summed E-state index contributed by atoms with van der Waals surface area (Å²) in [6.07, 6.45) is 4.29. The lowest BCUT2D eigenvalue weighted by Gasteiger charge is -2.03. The molecule has 9 heavy (non-hydrogen) atoms. The van der Waals surface area contributed by atoms with Gasteiger partial charge >= 0.3 is 0 Å². The Hall–Kier alpha value is -0.300. The van der Waals surface area contributed by atoms with Gasteiger partial charge in [-0.05, 0) is 26.7 Å². The smallest absolute Gasteiger partial charge is 0.00708 e. The van der Waals surface area contributed by atoms with Crippen LogP contribution in [0.2, 0.25) is 0 Å². The topological polar surface area (TPSA) is 26.0 Å². The van der Waals surface area contributed by atoms with Crippen LogP contribution in [0.25, 0.3) is 0 Å². The van der Waals surface area contributed by atoms with Crippen LogP contribution in [0.1, 0.15) is 33.6 Å². The van der Waals surface area contributed by atoms with Gasteiger partial charge in [0.2, 0.25) is 0 Å². The van der Waals surface area contributed by atoms with Crippen molar-refractivity contribution in [2.24, 2.45) is 5.73 Å². The zero-order valence-electron chi connectivity index (χ0n) is 6.65. The lowest BCUT2D eigenvalue weighted by molar-refractivity contribution is 0.657. The second-order valence-electron chi connectivity index (χ2n) is 2.69. The van der Waals surface area contributed by atoms with Gasteiger partial charge in [-0.2, -0.15) is 0 Å². The first-order valence-electron chi connectivity index (χ1n) is 3.55. The van der Waals surface area contributed by atoms with Gasteiger partial charge in [0, 0.05) is 6.04 Å². The average Bonchev–Trinajstić information content (AvgIpc) is 1.83. The first-order valence-corrected chi connectivity index (χ1v) is 3.55. The number of hydrogen-bond donors (Lipinski definition) is 1. The zero-order valence-corrected chi connectivity index (χ0v) is 6.65. The summed E-state index contributed by atoms with van der Waals surface area (Å²) in [5, 5.41) is 0. The van der Waals surface area contributed by atoms with Crippen molar-refractivity contribution < 1.29 is 0 Å². The van der Waals surface area contributed by atoms with E-state index in [4.69, 9.17) is 5.73 Å². The molecule has 0 spiro atoms. The van der Waals surface area contributed by atoms with Gasteiger partial charge in [-0.25, -0.2) is 0 Å². The Morgan fingerprint density at radius 1 is 1.56 bits per heavy atom. The second kappa shape index (κ2) is 4.57. The molecule has 0 aliphatic heterocycles. The molecule has 0 saturated heterocycles. The van der Waals surface area contributed by atoms with Crippen molar-refractivity contribution in [3.63, 3.8) is 0 Å². The predicted molar refractivity (Wildman–Crippen MR) is 42.3 cm³/mol. The van der Waals surface area contributed by atoms with Gasteiger partial charge < -0.3 is 5.73 Å². The van der Waals surface area contributed by atoms with Crippen molar-refractivity contribution >= 4 is 0 Å². The Morgan fingerprint density at radius 3 is 2.44 bits per heavy atom. The molecule has 1 atom stereocenters. The van der Waals surface area contributed by atoms with Crippen LogP contribution >= 0.6 is 0 Å². The summed E-state index contributed by atoms with van der Waals surface area (Å²) >= 11 is 0. The molecule has 1 nitrogen and oxygen atoms in total. The molecular formula is C8H17N. The monoisotopic (exact) mass is 127 g/mol. The molecule has 0 unspecified atom stereocenters. The van der Waals surface area contributed by atoms with E-state index in [2.05, 4.69) is 26.8 Å². The first-order chi connectivity index (χ1) is 4.16. The average molecular weight is 127 g/mol. The van der Waals surface area contributed by atoms with Gasteiger partial charge in [0.25, 0.3) is 0 Å². The predicted octanol–water partition coefficient (Wildman–Crippen LogP) is 2.08. The van der Waals surface area contributed by atoms with Crippen LogP contribution in [0.3, 0.4) is 0 Å². The third-order valence-electron chi connectivity index (χ3n) is 1.35. The van der Waals surface area contributed by atoms with Crippen molar-refractivity contribution in [3.8, 4) is 0 Å². The fourth-order valence-electron chi connectivity index (χ4n) is 0.554. The Labute approximate surface area is 57.9 Å². The van der Waals surface area contributed by atoms with Crippen LogP contribution in [-0.4, -0.2) is 6.04 Å². The molecule has 0 bridgehead atoms. The molecule has 0 heterocycles. The Balaban J connectivity index is 3.37. The molecule has 54 valence electrons. The molecule has 0 aromatic heterocycles. The maximum Gasteiger partial charge on any atom is 0.00708 e. The lowest BCUT2D eigenvalue weighted by Crippen LogP contribution is -2.16. The van der Waals surface area contributed by atoms with E-state index in [0.717, 1.165) is 12.8 Å². The summed E-state index contributed by atoms with van der Waals surface area (Å²) in [5.74, 6) is 0. The highest BCUT2D eigenvalue weighted by atomic mass is 14.6. The summed E-state index contributed by atoms with van der Waals surface area (Å²) in [6.45, 7) is 6.31. The molecule has 1 heteroatoms. The molecule has 0 aliphatic rings. The highest BCUT2D eigenvalue weighted by Gasteiger charge is 1.93. The molecule has 0 aliphatic carbocycles. The van der Waals surface area contributed by atoms with Gasteiger partial charge in [-0.1, -0.05) is 18.6 Å². The normalized spacial score (nSPS) is 12.9. The Kier molecular flexibility index (Phi) is 4.41. The van der Waals surface area contributed by atoms with Crippen LogP contribution in [0, 0.1) is 0 Å². The molecule has 0 aromatic rings. The number of allylic oxidation sites excluding steroid dienone is 1. The van der Waals surface area contributed by atoms with Crippen LogP contribution in [-0.2, 0) is 0 Å². The van der Waals surface area contributed by atoms with E-state index in [1.165, 1.54) is 5.57 Å². The van der Waals surface area contributed by atoms with Crippen LogP contribution < -0.4 is 5.73 Å². The fourth-order valence-corrected chi connectivity index (χ4v) is 0.554. The van der Waals surface area contributed by atoms with Crippen molar-refractivity contribution in [3.05, 3.63) is 11.6 Å². The van der Waals surface area contributed by atoms with Gasteiger partial charge in [-0.15, -0.1) is 0 Å². The largest absolute Gasteiger partial charge is 0.327 e. The molecule has 0 aromatic carbocycles. The highest BCUT2D eigenvalue weighted by Crippen LogP contribution is 1.98. The summed E-state index contributed by atoms with van der Waals surface area (Å²) in [4.78, 5) is 0. The minimum absolute atomic E-state index is 0.361. The molecule has 0 radical (unpaired) electrons. The number of hydrogen-bond acceptors (Lipinski definition) is 1. The van der Waals surface area contributed by atoms with Crippen molar-refractivity contribution in [2.75, 3.05) is 0 Å². The van der Waals surface area contributed by atoms with Crippen molar-refractivity contribution in [1.82, 2.24) is 0 Å². The third-order valence-corrected chi connectivity index (χ3v) is 1.35. The minimum Gasteiger partial charge on any atom is -0.327 e. The number of nitrogens with two attached hydrogens (primary N) is 1. The summed E-state index contributed by atoms with van der Waals surface area (Å²) in [7, 11) is 0. The van der Waals surface area contributed by atoms with Crippen molar-refractivity contribution in [1.29, 1.82) is 0 Å². The molecule has 0 rings (SSSR count). The van der Waals surface area contributed by atoms with E-state index in [-0.39, 0.29) is 0 Å². The first kappa shape index (κ1) is 8.70. The second-order valence-corrected chi connectivity index (χ2v) is 2.69. The van der Waals surface area contributed by atoms with E-state index >= 15 is 0 Å². The van der Waals surface area contributed by atoms with Crippen LogP contribution in [0.4, 0.5) is 0 Å². The van der Waals surface area contributed by atoms with Gasteiger partial charge in [-0.3, -0.25) is 0 Å². The third kappa shape index (κ3) is 5.57. The minimum atomic E-state index is 0.361. The zero-order chi connectivity index (χ0) is 7.28. The van der Waals surface area contributed by atoms with E-state index in [1.54, 1.807) is 0 Å². The SMILES string of the molecule is CC[C@H](N)CC=C(C)C. The standard InChI is InChI=1S/C8H17N/c1-4-8(9)6-5-7(2)3/h5,8H,4,6,9H2,1-3H3/t8-/m0/s1. The van der Waals surface area contributed by atoms with E-state index < -0.39 is 0 Å². The lowest BCUT2D eigenvalue weighted by atomic mass is 10.1. The maximum absolute atomic E-state index is 5.68. The van der Waals surface area contributed by atoms with Gasteiger partial charge in [0.05, 0.1) is 0 Å². The molecule has 0 amide bonds. The maximum atomic E-state index is 5.68. The number of rotatable bonds is 3.